The Labute approximate surface area is 119 Å². The molecule has 0 fully saturated rings. The quantitative estimate of drug-likeness (QED) is 0.748. The van der Waals surface area contributed by atoms with Crippen molar-refractivity contribution in [3.63, 3.8) is 0 Å². The van der Waals surface area contributed by atoms with Gasteiger partial charge in [-0.2, -0.15) is 0 Å². The first-order valence-corrected chi connectivity index (χ1v) is 6.99. The smallest absolute Gasteiger partial charge is 0.224 e. The van der Waals surface area contributed by atoms with E-state index in [1.54, 1.807) is 11.3 Å². The van der Waals surface area contributed by atoms with Crippen LogP contribution in [-0.2, 0) is 6.54 Å². The predicted molar refractivity (Wildman–Crippen MR) is 78.7 cm³/mol. The Bertz CT molecular complexity index is 725. The fraction of sp³-hybridized carbons (Fsp3) is 0.154. The van der Waals surface area contributed by atoms with Gasteiger partial charge in [0.2, 0.25) is 5.28 Å². The van der Waals surface area contributed by atoms with Gasteiger partial charge in [-0.15, -0.1) is 11.3 Å². The molecule has 3 rings (SSSR count). The number of thiazole rings is 1. The highest BCUT2D eigenvalue weighted by atomic mass is 35.5. The maximum atomic E-state index is 5.93. The van der Waals surface area contributed by atoms with Gasteiger partial charge in [-0.25, -0.2) is 15.0 Å². The molecule has 0 unspecified atom stereocenters. The molecule has 3 aromatic rings. The first-order valence-electron chi connectivity index (χ1n) is 5.80. The summed E-state index contributed by atoms with van der Waals surface area (Å²) in [5, 5.41) is 5.50. The standard InChI is InChI=1S/C13H11ClN4S/c1-8-6-15-11(19-8)7-16-12-9-4-2-3-5-10(9)17-13(14)18-12/h2-6H,7H2,1H3,(H,16,17,18). The zero-order valence-electron chi connectivity index (χ0n) is 10.2. The lowest BCUT2D eigenvalue weighted by Crippen LogP contribution is -2.02. The van der Waals surface area contributed by atoms with E-state index in [2.05, 4.69) is 20.3 Å². The number of nitrogens with zero attached hydrogens (tertiary/aromatic N) is 3. The summed E-state index contributed by atoms with van der Waals surface area (Å²) >= 11 is 7.60. The van der Waals surface area contributed by atoms with E-state index in [1.807, 2.05) is 37.4 Å². The van der Waals surface area contributed by atoms with Gasteiger partial charge in [0.1, 0.15) is 10.8 Å². The van der Waals surface area contributed by atoms with Crippen LogP contribution in [0.25, 0.3) is 10.9 Å². The normalized spacial score (nSPS) is 10.8. The maximum Gasteiger partial charge on any atom is 0.224 e. The van der Waals surface area contributed by atoms with Crippen LogP contribution >= 0.6 is 22.9 Å². The Morgan fingerprint density at radius 2 is 2.11 bits per heavy atom. The van der Waals surface area contributed by atoms with Crippen molar-refractivity contribution in [3.8, 4) is 0 Å². The van der Waals surface area contributed by atoms with Crippen LogP contribution in [0.5, 0.6) is 0 Å². The third-order valence-electron chi connectivity index (χ3n) is 2.65. The summed E-state index contributed by atoms with van der Waals surface area (Å²) in [6.45, 7) is 2.67. The molecule has 0 aliphatic rings. The van der Waals surface area contributed by atoms with E-state index in [0.29, 0.717) is 6.54 Å². The molecular weight excluding hydrogens is 280 g/mol. The van der Waals surface area contributed by atoms with E-state index < -0.39 is 0 Å². The minimum atomic E-state index is 0.247. The topological polar surface area (TPSA) is 50.7 Å². The second-order valence-corrected chi connectivity index (χ2v) is 5.73. The Balaban J connectivity index is 1.91. The first kappa shape index (κ1) is 12.3. The van der Waals surface area contributed by atoms with Crippen molar-refractivity contribution in [1.29, 1.82) is 0 Å². The van der Waals surface area contributed by atoms with Crippen molar-refractivity contribution in [2.45, 2.75) is 13.5 Å². The number of halogens is 1. The number of rotatable bonds is 3. The number of benzene rings is 1. The largest absolute Gasteiger partial charge is 0.363 e. The average molecular weight is 291 g/mol. The lowest BCUT2D eigenvalue weighted by Gasteiger charge is -2.07. The summed E-state index contributed by atoms with van der Waals surface area (Å²) in [4.78, 5) is 13.9. The van der Waals surface area contributed by atoms with Crippen molar-refractivity contribution in [2.24, 2.45) is 0 Å². The fourth-order valence-electron chi connectivity index (χ4n) is 1.83. The van der Waals surface area contributed by atoms with E-state index in [-0.39, 0.29) is 5.28 Å². The van der Waals surface area contributed by atoms with Gasteiger partial charge < -0.3 is 5.32 Å². The molecule has 4 nitrogen and oxygen atoms in total. The highest BCUT2D eigenvalue weighted by molar-refractivity contribution is 7.11. The molecule has 0 aliphatic heterocycles. The van der Waals surface area contributed by atoms with Gasteiger partial charge >= 0.3 is 0 Å². The number of fused-ring (bicyclic) bond motifs is 1. The molecule has 0 radical (unpaired) electrons. The highest BCUT2D eigenvalue weighted by Gasteiger charge is 2.06. The van der Waals surface area contributed by atoms with Crippen LogP contribution in [0, 0.1) is 6.92 Å². The molecule has 1 N–H and O–H groups in total. The second-order valence-electron chi connectivity index (χ2n) is 4.08. The van der Waals surface area contributed by atoms with E-state index in [4.69, 9.17) is 11.6 Å². The summed E-state index contributed by atoms with van der Waals surface area (Å²) in [7, 11) is 0. The molecule has 19 heavy (non-hydrogen) atoms. The van der Waals surface area contributed by atoms with E-state index in [9.17, 15) is 0 Å². The van der Waals surface area contributed by atoms with Crippen LogP contribution in [0.15, 0.2) is 30.5 Å². The van der Waals surface area contributed by atoms with Gasteiger partial charge in [0, 0.05) is 16.5 Å². The van der Waals surface area contributed by atoms with Gasteiger partial charge in [-0.3, -0.25) is 0 Å². The van der Waals surface area contributed by atoms with E-state index in [1.165, 1.54) is 4.88 Å². The minimum Gasteiger partial charge on any atom is -0.363 e. The van der Waals surface area contributed by atoms with Gasteiger partial charge in [0.15, 0.2) is 0 Å². The molecule has 6 heteroatoms. The maximum absolute atomic E-state index is 5.93. The van der Waals surface area contributed by atoms with E-state index >= 15 is 0 Å². The number of aromatic nitrogens is 3. The van der Waals surface area contributed by atoms with Crippen LogP contribution < -0.4 is 5.32 Å². The number of nitrogens with one attached hydrogen (secondary N) is 1. The number of hydrogen-bond acceptors (Lipinski definition) is 5. The third kappa shape index (κ3) is 2.67. The lowest BCUT2D eigenvalue weighted by molar-refractivity contribution is 1.07. The summed E-state index contributed by atoms with van der Waals surface area (Å²) in [5.41, 5.74) is 0.834. The molecule has 1 aromatic carbocycles. The van der Waals surface area contributed by atoms with Crippen LogP contribution in [0.2, 0.25) is 5.28 Å². The van der Waals surface area contributed by atoms with Gasteiger partial charge in [-0.1, -0.05) is 12.1 Å². The minimum absolute atomic E-state index is 0.247. The van der Waals surface area contributed by atoms with Crippen molar-refractivity contribution >= 4 is 39.7 Å². The summed E-state index contributed by atoms with van der Waals surface area (Å²) < 4.78 is 0. The van der Waals surface area contributed by atoms with Gasteiger partial charge in [0.25, 0.3) is 0 Å². The van der Waals surface area contributed by atoms with Crippen LogP contribution in [-0.4, -0.2) is 15.0 Å². The Hall–Kier alpha value is -1.72. The Morgan fingerprint density at radius 1 is 1.26 bits per heavy atom. The predicted octanol–water partition coefficient (Wildman–Crippen LogP) is 3.66. The molecule has 0 aliphatic carbocycles. The van der Waals surface area contributed by atoms with Crippen molar-refractivity contribution in [3.05, 3.63) is 45.6 Å². The molecule has 0 amide bonds. The summed E-state index contributed by atoms with van der Waals surface area (Å²) in [5.74, 6) is 0.739. The molecule has 0 saturated carbocycles. The lowest BCUT2D eigenvalue weighted by atomic mass is 10.2. The fourth-order valence-corrected chi connectivity index (χ4v) is 2.73. The third-order valence-corrected chi connectivity index (χ3v) is 3.73. The molecule has 0 saturated heterocycles. The zero-order chi connectivity index (χ0) is 13.2. The molecule has 0 bridgehead atoms. The van der Waals surface area contributed by atoms with Gasteiger partial charge in [-0.05, 0) is 30.7 Å². The summed E-state index contributed by atoms with van der Waals surface area (Å²) in [6, 6.07) is 7.78. The number of para-hydroxylation sites is 1. The molecule has 0 spiro atoms. The summed E-state index contributed by atoms with van der Waals surface area (Å²) in [6.07, 6.45) is 1.87. The Morgan fingerprint density at radius 3 is 2.89 bits per heavy atom. The van der Waals surface area contributed by atoms with Crippen LogP contribution in [0.1, 0.15) is 9.88 Å². The monoisotopic (exact) mass is 290 g/mol. The van der Waals surface area contributed by atoms with Crippen molar-refractivity contribution < 1.29 is 0 Å². The van der Waals surface area contributed by atoms with Crippen molar-refractivity contribution in [2.75, 3.05) is 5.32 Å². The van der Waals surface area contributed by atoms with Crippen LogP contribution in [0.4, 0.5) is 5.82 Å². The molecular formula is C13H11ClN4S. The first-order chi connectivity index (χ1) is 9.22. The number of aryl methyl sites for hydroxylation is 1. The molecule has 2 aromatic heterocycles. The molecule has 2 heterocycles. The Kier molecular flexibility index (Phi) is 3.31. The molecule has 96 valence electrons. The van der Waals surface area contributed by atoms with Crippen LogP contribution in [0.3, 0.4) is 0 Å². The average Bonchev–Trinajstić information content (AvgIpc) is 2.81. The number of anilines is 1. The van der Waals surface area contributed by atoms with Crippen molar-refractivity contribution in [1.82, 2.24) is 15.0 Å². The van der Waals surface area contributed by atoms with E-state index in [0.717, 1.165) is 21.7 Å². The second kappa shape index (κ2) is 5.11. The SMILES string of the molecule is Cc1cnc(CNc2nc(Cl)nc3ccccc23)s1. The van der Waals surface area contributed by atoms with Gasteiger partial charge in [0.05, 0.1) is 12.1 Å². The molecule has 0 atom stereocenters. The highest BCUT2D eigenvalue weighted by Crippen LogP contribution is 2.22. The number of hydrogen-bond donors (Lipinski definition) is 1. The zero-order valence-corrected chi connectivity index (χ0v) is 11.8.